The first-order valence-electron chi connectivity index (χ1n) is 7.74. The minimum Gasteiger partial charge on any atom is -0.319 e. The number of nitrogens with one attached hydrogen (secondary N) is 1. The van der Waals surface area contributed by atoms with Crippen molar-refractivity contribution in [2.24, 2.45) is 0 Å². The number of para-hydroxylation sites is 1. The summed E-state index contributed by atoms with van der Waals surface area (Å²) < 4.78 is 0. The van der Waals surface area contributed by atoms with Crippen molar-refractivity contribution in [2.45, 2.75) is 26.7 Å². The maximum Gasteiger partial charge on any atom is 0.292 e. The predicted octanol–water partition coefficient (Wildman–Crippen LogP) is 4.64. The third kappa shape index (κ3) is 4.68. The fourth-order valence-corrected chi connectivity index (χ4v) is 2.94. The Kier molecular flexibility index (Phi) is 6.34. The number of rotatable bonds is 6. The molecular weight excluding hydrogens is 361 g/mol. The minimum absolute atomic E-state index is 0.151. The molecule has 0 radical (unpaired) electrons. The Labute approximate surface area is 156 Å². The third-order valence-electron chi connectivity index (χ3n) is 3.78. The normalized spacial score (nSPS) is 10.4. The molecule has 2 aromatic rings. The SMILES string of the molecule is CCc1cccc(C)c1NC(=O)C(=O)CC(=O)c1ccc(Cl)cc1Cl. The van der Waals surface area contributed by atoms with Gasteiger partial charge in [-0.05, 0) is 42.7 Å². The zero-order valence-electron chi connectivity index (χ0n) is 13.9. The largest absolute Gasteiger partial charge is 0.319 e. The van der Waals surface area contributed by atoms with Gasteiger partial charge in [-0.2, -0.15) is 0 Å². The molecule has 0 aromatic heterocycles. The first kappa shape index (κ1) is 19.2. The molecule has 1 amide bonds. The number of Topliss-reactive ketones (excluding diaryl/α,β-unsaturated/α-hetero) is 2. The van der Waals surface area contributed by atoms with E-state index in [2.05, 4.69) is 5.32 Å². The zero-order valence-corrected chi connectivity index (χ0v) is 15.4. The number of ketones is 2. The number of anilines is 1. The molecule has 4 nitrogen and oxygen atoms in total. The van der Waals surface area contributed by atoms with Gasteiger partial charge in [-0.3, -0.25) is 14.4 Å². The molecule has 0 atom stereocenters. The van der Waals surface area contributed by atoms with Crippen molar-refractivity contribution < 1.29 is 14.4 Å². The Morgan fingerprint density at radius 2 is 1.80 bits per heavy atom. The molecule has 2 aromatic carbocycles. The van der Waals surface area contributed by atoms with Crippen LogP contribution in [-0.4, -0.2) is 17.5 Å². The molecule has 25 heavy (non-hydrogen) atoms. The summed E-state index contributed by atoms with van der Waals surface area (Å²) in [6.45, 7) is 3.80. The van der Waals surface area contributed by atoms with Gasteiger partial charge in [0.25, 0.3) is 5.91 Å². The monoisotopic (exact) mass is 377 g/mol. The minimum atomic E-state index is -0.818. The number of carbonyl (C=O) groups is 3. The van der Waals surface area contributed by atoms with Crippen LogP contribution in [0.1, 0.15) is 34.8 Å². The van der Waals surface area contributed by atoms with E-state index in [1.807, 2.05) is 32.0 Å². The van der Waals surface area contributed by atoms with Crippen molar-refractivity contribution in [3.8, 4) is 0 Å². The van der Waals surface area contributed by atoms with E-state index in [9.17, 15) is 14.4 Å². The number of hydrogen-bond donors (Lipinski definition) is 1. The Balaban J connectivity index is 2.11. The van der Waals surface area contributed by atoms with Crippen LogP contribution in [0.3, 0.4) is 0 Å². The summed E-state index contributed by atoms with van der Waals surface area (Å²) in [4.78, 5) is 36.5. The van der Waals surface area contributed by atoms with Gasteiger partial charge in [0.2, 0.25) is 5.78 Å². The maximum atomic E-state index is 12.2. The fraction of sp³-hybridized carbons (Fsp3) is 0.211. The highest BCUT2D eigenvalue weighted by Crippen LogP contribution is 2.23. The van der Waals surface area contributed by atoms with Crippen LogP contribution < -0.4 is 5.32 Å². The summed E-state index contributed by atoms with van der Waals surface area (Å²) in [6.07, 6.45) is 0.158. The average Bonchev–Trinajstić information content (AvgIpc) is 2.56. The lowest BCUT2D eigenvalue weighted by atomic mass is 10.0. The van der Waals surface area contributed by atoms with Crippen LogP contribution in [-0.2, 0) is 16.0 Å². The third-order valence-corrected chi connectivity index (χ3v) is 4.33. The summed E-state index contributed by atoms with van der Waals surface area (Å²) in [7, 11) is 0. The van der Waals surface area contributed by atoms with Crippen molar-refractivity contribution in [1.82, 2.24) is 0 Å². The molecule has 0 unspecified atom stereocenters. The van der Waals surface area contributed by atoms with E-state index in [-0.39, 0.29) is 10.6 Å². The van der Waals surface area contributed by atoms with Gasteiger partial charge in [0.15, 0.2) is 5.78 Å². The van der Waals surface area contributed by atoms with E-state index in [0.717, 1.165) is 11.1 Å². The van der Waals surface area contributed by atoms with Gasteiger partial charge in [0, 0.05) is 16.3 Å². The molecule has 0 aliphatic rings. The number of benzene rings is 2. The molecule has 1 N–H and O–H groups in total. The van der Waals surface area contributed by atoms with Crippen LogP contribution in [0.15, 0.2) is 36.4 Å². The molecular formula is C19H17Cl2NO3. The second kappa shape index (κ2) is 8.28. The summed E-state index contributed by atoms with van der Waals surface area (Å²) in [5, 5.41) is 3.15. The molecule has 0 bridgehead atoms. The molecule has 0 saturated heterocycles. The van der Waals surface area contributed by atoms with Crippen LogP contribution in [0.2, 0.25) is 10.0 Å². The van der Waals surface area contributed by atoms with Gasteiger partial charge < -0.3 is 5.32 Å². The van der Waals surface area contributed by atoms with Crippen LogP contribution in [0.5, 0.6) is 0 Å². The summed E-state index contributed by atoms with van der Waals surface area (Å²) in [6, 6.07) is 9.98. The first-order valence-corrected chi connectivity index (χ1v) is 8.50. The number of aryl methyl sites for hydroxylation is 2. The quantitative estimate of drug-likeness (QED) is 0.452. The van der Waals surface area contributed by atoms with E-state index in [1.54, 1.807) is 0 Å². The van der Waals surface area contributed by atoms with Gasteiger partial charge in [-0.25, -0.2) is 0 Å². The summed E-state index contributed by atoms with van der Waals surface area (Å²) in [5.41, 5.74) is 2.55. The van der Waals surface area contributed by atoms with E-state index in [1.165, 1.54) is 18.2 Å². The van der Waals surface area contributed by atoms with Crippen molar-refractivity contribution in [2.75, 3.05) is 5.32 Å². The first-order chi connectivity index (χ1) is 11.8. The fourth-order valence-electron chi connectivity index (χ4n) is 2.42. The highest BCUT2D eigenvalue weighted by Gasteiger charge is 2.21. The molecule has 0 aliphatic heterocycles. The lowest BCUT2D eigenvalue weighted by Gasteiger charge is -2.12. The van der Waals surface area contributed by atoms with Crippen molar-refractivity contribution in [1.29, 1.82) is 0 Å². The molecule has 0 spiro atoms. The Morgan fingerprint density at radius 3 is 2.44 bits per heavy atom. The molecule has 2 rings (SSSR count). The second-order valence-electron chi connectivity index (χ2n) is 5.56. The van der Waals surface area contributed by atoms with Gasteiger partial charge in [0.05, 0.1) is 11.4 Å². The number of carbonyl (C=O) groups excluding carboxylic acids is 3. The smallest absolute Gasteiger partial charge is 0.292 e. The van der Waals surface area contributed by atoms with Gasteiger partial charge in [-0.1, -0.05) is 48.3 Å². The predicted molar refractivity (Wildman–Crippen MR) is 99.6 cm³/mol. The van der Waals surface area contributed by atoms with Crippen LogP contribution in [0, 0.1) is 6.92 Å². The lowest BCUT2D eigenvalue weighted by Crippen LogP contribution is -2.26. The summed E-state index contributed by atoms with van der Waals surface area (Å²) in [5.74, 6) is -2.16. The van der Waals surface area contributed by atoms with E-state index in [0.29, 0.717) is 17.1 Å². The molecule has 0 saturated carbocycles. The number of halogens is 2. The maximum absolute atomic E-state index is 12.2. The Hall–Kier alpha value is -2.17. The number of amides is 1. The summed E-state index contributed by atoms with van der Waals surface area (Å²) >= 11 is 11.7. The average molecular weight is 378 g/mol. The van der Waals surface area contributed by atoms with Crippen LogP contribution in [0.4, 0.5) is 5.69 Å². The van der Waals surface area contributed by atoms with Crippen molar-refractivity contribution >= 4 is 46.4 Å². The van der Waals surface area contributed by atoms with E-state index < -0.39 is 23.9 Å². The molecule has 0 aliphatic carbocycles. The van der Waals surface area contributed by atoms with Crippen molar-refractivity contribution in [3.63, 3.8) is 0 Å². The molecule has 0 heterocycles. The highest BCUT2D eigenvalue weighted by molar-refractivity contribution is 6.45. The van der Waals surface area contributed by atoms with Gasteiger partial charge >= 0.3 is 0 Å². The highest BCUT2D eigenvalue weighted by atomic mass is 35.5. The zero-order chi connectivity index (χ0) is 18.6. The number of hydrogen-bond acceptors (Lipinski definition) is 3. The topological polar surface area (TPSA) is 63.2 Å². The van der Waals surface area contributed by atoms with Gasteiger partial charge in [0.1, 0.15) is 0 Å². The Morgan fingerprint density at radius 1 is 1.08 bits per heavy atom. The van der Waals surface area contributed by atoms with Crippen molar-refractivity contribution in [3.05, 3.63) is 63.1 Å². The standard InChI is InChI=1S/C19H17Cl2NO3/c1-3-12-6-4-5-11(2)18(12)22-19(25)17(24)10-16(23)14-8-7-13(20)9-15(14)21/h4-9H,3,10H2,1-2H3,(H,22,25). The van der Waals surface area contributed by atoms with Crippen LogP contribution >= 0.6 is 23.2 Å². The molecule has 6 heteroatoms. The second-order valence-corrected chi connectivity index (χ2v) is 6.41. The van der Waals surface area contributed by atoms with E-state index in [4.69, 9.17) is 23.2 Å². The van der Waals surface area contributed by atoms with Crippen LogP contribution in [0.25, 0.3) is 0 Å². The van der Waals surface area contributed by atoms with Gasteiger partial charge in [-0.15, -0.1) is 0 Å². The van der Waals surface area contributed by atoms with E-state index >= 15 is 0 Å². The molecule has 0 fully saturated rings. The Bertz CT molecular complexity index is 847. The lowest BCUT2D eigenvalue weighted by molar-refractivity contribution is -0.134. The molecule has 130 valence electrons.